The van der Waals surface area contributed by atoms with E-state index in [4.69, 9.17) is 0 Å². The molecule has 4 N–H and O–H groups in total. The van der Waals surface area contributed by atoms with Gasteiger partial charge in [0, 0.05) is 24.8 Å². The normalized spacial score (nSPS) is 11.2. The first-order valence-corrected chi connectivity index (χ1v) is 9.79. The molecule has 0 heterocycles. The maximum Gasteiger partial charge on any atom is 0.319 e. The number of amides is 2. The van der Waals surface area contributed by atoms with Crippen molar-refractivity contribution in [1.82, 2.24) is 16.0 Å². The maximum absolute atomic E-state index is 11.7. The summed E-state index contributed by atoms with van der Waals surface area (Å²) in [6.45, 7) is 8.11. The minimum Gasteiger partial charge on any atom is -0.357 e. The van der Waals surface area contributed by atoms with Crippen molar-refractivity contribution in [2.75, 3.05) is 18.4 Å². The van der Waals surface area contributed by atoms with Crippen molar-refractivity contribution in [2.45, 2.75) is 39.8 Å². The van der Waals surface area contributed by atoms with Crippen LogP contribution in [0.5, 0.6) is 0 Å². The molecule has 0 saturated carbocycles. The molecule has 6 nitrogen and oxygen atoms in total. The van der Waals surface area contributed by atoms with Gasteiger partial charge in [-0.1, -0.05) is 42.5 Å². The van der Waals surface area contributed by atoms with E-state index in [1.165, 1.54) is 5.56 Å². The Morgan fingerprint density at radius 1 is 0.964 bits per heavy atom. The molecule has 2 amide bonds. The molecule has 0 fully saturated rings. The second-order valence-corrected chi connectivity index (χ2v) is 6.81. The first-order valence-electron chi connectivity index (χ1n) is 9.79. The third-order valence-electron chi connectivity index (χ3n) is 3.94. The van der Waals surface area contributed by atoms with Crippen LogP contribution in [0.4, 0.5) is 10.5 Å². The van der Waals surface area contributed by atoms with Gasteiger partial charge in [0.05, 0.1) is 6.54 Å². The Bertz CT molecular complexity index is 741. The van der Waals surface area contributed by atoms with Gasteiger partial charge < -0.3 is 21.3 Å². The highest BCUT2D eigenvalue weighted by Crippen LogP contribution is 2.10. The molecular weight excluding hydrogens is 350 g/mol. The number of aliphatic imine (C=N–C) groups is 1. The zero-order valence-electron chi connectivity index (χ0n) is 17.0. The molecule has 28 heavy (non-hydrogen) atoms. The van der Waals surface area contributed by atoms with Crippen LogP contribution in [0.2, 0.25) is 0 Å². The summed E-state index contributed by atoms with van der Waals surface area (Å²) < 4.78 is 0. The molecule has 0 radical (unpaired) electrons. The topological polar surface area (TPSA) is 77.5 Å². The fourth-order valence-electron chi connectivity index (χ4n) is 2.60. The predicted molar refractivity (Wildman–Crippen MR) is 117 cm³/mol. The Hall–Kier alpha value is -3.02. The van der Waals surface area contributed by atoms with E-state index in [1.54, 1.807) is 0 Å². The molecule has 6 heteroatoms. The zero-order chi connectivity index (χ0) is 20.2. The smallest absolute Gasteiger partial charge is 0.319 e. The molecule has 2 aromatic carbocycles. The van der Waals surface area contributed by atoms with Gasteiger partial charge in [0.15, 0.2) is 5.96 Å². The van der Waals surface area contributed by atoms with Crippen LogP contribution in [0.25, 0.3) is 0 Å². The highest BCUT2D eigenvalue weighted by Gasteiger charge is 2.03. The summed E-state index contributed by atoms with van der Waals surface area (Å²) in [5.74, 6) is 0.803. The standard InChI is InChI=1S/C22H31N5O/c1-4-23-21(24-15-14-18-8-6-5-7-9-18)25-16-19-10-12-20(13-11-19)27-22(28)26-17(2)3/h5-13,17H,4,14-16H2,1-3H3,(H2,23,24,25)(H2,26,27,28). The van der Waals surface area contributed by atoms with Gasteiger partial charge >= 0.3 is 6.03 Å². The fourth-order valence-corrected chi connectivity index (χ4v) is 2.60. The molecule has 0 spiro atoms. The van der Waals surface area contributed by atoms with E-state index in [-0.39, 0.29) is 12.1 Å². The van der Waals surface area contributed by atoms with E-state index in [9.17, 15) is 4.79 Å². The quantitative estimate of drug-likeness (QED) is 0.417. The lowest BCUT2D eigenvalue weighted by molar-refractivity contribution is 0.250. The van der Waals surface area contributed by atoms with Crippen molar-refractivity contribution in [3.05, 3.63) is 65.7 Å². The molecule has 2 aromatic rings. The van der Waals surface area contributed by atoms with Crippen molar-refractivity contribution < 1.29 is 4.79 Å². The van der Waals surface area contributed by atoms with E-state index >= 15 is 0 Å². The summed E-state index contributed by atoms with van der Waals surface area (Å²) in [5.41, 5.74) is 3.14. The van der Waals surface area contributed by atoms with Crippen molar-refractivity contribution in [3.8, 4) is 0 Å². The van der Waals surface area contributed by atoms with E-state index < -0.39 is 0 Å². The minimum atomic E-state index is -0.196. The molecule has 150 valence electrons. The number of guanidine groups is 1. The first kappa shape index (κ1) is 21.3. The molecule has 0 unspecified atom stereocenters. The summed E-state index contributed by atoms with van der Waals surface area (Å²) in [6, 6.07) is 18.0. The third-order valence-corrected chi connectivity index (χ3v) is 3.94. The van der Waals surface area contributed by atoms with Crippen LogP contribution in [-0.2, 0) is 13.0 Å². The Morgan fingerprint density at radius 3 is 2.32 bits per heavy atom. The van der Waals surface area contributed by atoms with Crippen molar-refractivity contribution in [1.29, 1.82) is 0 Å². The molecule has 0 bridgehead atoms. The van der Waals surface area contributed by atoms with Gasteiger partial charge in [-0.05, 0) is 50.5 Å². The second-order valence-electron chi connectivity index (χ2n) is 6.81. The molecule has 0 aliphatic carbocycles. The monoisotopic (exact) mass is 381 g/mol. The Balaban J connectivity index is 1.84. The molecule has 0 aromatic heterocycles. The Kier molecular flexibility index (Phi) is 8.85. The first-order chi connectivity index (χ1) is 13.6. The molecule has 0 aliphatic heterocycles. The van der Waals surface area contributed by atoms with Gasteiger partial charge in [-0.15, -0.1) is 0 Å². The number of carbonyl (C=O) groups is 1. The zero-order valence-corrected chi connectivity index (χ0v) is 17.0. The number of benzene rings is 2. The van der Waals surface area contributed by atoms with Crippen molar-refractivity contribution >= 4 is 17.7 Å². The molecule has 2 rings (SSSR count). The van der Waals surface area contributed by atoms with E-state index in [2.05, 4.69) is 57.4 Å². The molecular formula is C22H31N5O. The van der Waals surface area contributed by atoms with Gasteiger partial charge in [-0.3, -0.25) is 0 Å². The lowest BCUT2D eigenvalue weighted by Crippen LogP contribution is -2.38. The Labute approximate surface area is 167 Å². The van der Waals surface area contributed by atoms with Crippen LogP contribution in [0, 0.1) is 0 Å². The second kappa shape index (κ2) is 11.6. The summed E-state index contributed by atoms with van der Waals surface area (Å²) in [4.78, 5) is 16.4. The van der Waals surface area contributed by atoms with E-state index in [0.717, 1.165) is 36.7 Å². The predicted octanol–water partition coefficient (Wildman–Crippen LogP) is 3.51. The van der Waals surface area contributed by atoms with Crippen LogP contribution in [0.1, 0.15) is 31.9 Å². The Morgan fingerprint density at radius 2 is 1.68 bits per heavy atom. The molecule has 0 saturated heterocycles. The molecule has 0 aliphatic rings. The minimum absolute atomic E-state index is 0.104. The van der Waals surface area contributed by atoms with Gasteiger partial charge in [-0.25, -0.2) is 9.79 Å². The number of hydrogen-bond acceptors (Lipinski definition) is 2. The third kappa shape index (κ3) is 8.12. The van der Waals surface area contributed by atoms with Crippen molar-refractivity contribution in [2.24, 2.45) is 4.99 Å². The largest absolute Gasteiger partial charge is 0.357 e. The summed E-state index contributed by atoms with van der Waals surface area (Å²) in [5, 5.41) is 12.3. The lowest BCUT2D eigenvalue weighted by atomic mass is 10.1. The van der Waals surface area contributed by atoms with Gasteiger partial charge in [0.2, 0.25) is 0 Å². The summed E-state index contributed by atoms with van der Waals surface area (Å²) in [6.07, 6.45) is 0.948. The molecule has 0 atom stereocenters. The van der Waals surface area contributed by atoms with Crippen LogP contribution in [0.15, 0.2) is 59.6 Å². The van der Waals surface area contributed by atoms with E-state index in [0.29, 0.717) is 6.54 Å². The highest BCUT2D eigenvalue weighted by molar-refractivity contribution is 5.89. The SMILES string of the molecule is CCNC(=NCc1ccc(NC(=O)NC(C)C)cc1)NCCc1ccccc1. The highest BCUT2D eigenvalue weighted by atomic mass is 16.2. The lowest BCUT2D eigenvalue weighted by Gasteiger charge is -2.12. The summed E-state index contributed by atoms with van der Waals surface area (Å²) >= 11 is 0. The number of rotatable bonds is 8. The van der Waals surface area contributed by atoms with Gasteiger partial charge in [0.25, 0.3) is 0 Å². The number of nitrogens with zero attached hydrogens (tertiary/aromatic N) is 1. The number of anilines is 1. The van der Waals surface area contributed by atoms with Gasteiger partial charge in [-0.2, -0.15) is 0 Å². The van der Waals surface area contributed by atoms with Crippen LogP contribution >= 0.6 is 0 Å². The van der Waals surface area contributed by atoms with Crippen LogP contribution in [-0.4, -0.2) is 31.1 Å². The average molecular weight is 382 g/mol. The van der Waals surface area contributed by atoms with Crippen molar-refractivity contribution in [3.63, 3.8) is 0 Å². The number of urea groups is 1. The van der Waals surface area contributed by atoms with Crippen LogP contribution in [0.3, 0.4) is 0 Å². The van der Waals surface area contributed by atoms with Gasteiger partial charge in [0.1, 0.15) is 0 Å². The fraction of sp³-hybridized carbons (Fsp3) is 0.364. The average Bonchev–Trinajstić information content (AvgIpc) is 2.67. The number of hydrogen-bond donors (Lipinski definition) is 4. The number of carbonyl (C=O) groups excluding carboxylic acids is 1. The van der Waals surface area contributed by atoms with Crippen LogP contribution < -0.4 is 21.3 Å². The number of nitrogens with one attached hydrogen (secondary N) is 4. The van der Waals surface area contributed by atoms with E-state index in [1.807, 2.05) is 44.2 Å². The summed E-state index contributed by atoms with van der Waals surface area (Å²) in [7, 11) is 0. The maximum atomic E-state index is 11.7.